The molecule has 0 amide bonds. The summed E-state index contributed by atoms with van der Waals surface area (Å²) in [7, 11) is 2.03. The molecular formula is C14H23N3S. The van der Waals surface area contributed by atoms with E-state index < -0.39 is 0 Å². The molecule has 0 unspecified atom stereocenters. The predicted octanol–water partition coefficient (Wildman–Crippen LogP) is 3.12. The van der Waals surface area contributed by atoms with Crippen LogP contribution in [0.1, 0.15) is 55.0 Å². The van der Waals surface area contributed by atoms with Crippen LogP contribution < -0.4 is 10.2 Å². The molecule has 1 aliphatic carbocycles. The largest absolute Gasteiger partial charge is 0.348 e. The highest BCUT2D eigenvalue weighted by Crippen LogP contribution is 2.44. The Morgan fingerprint density at radius 2 is 1.94 bits per heavy atom. The van der Waals surface area contributed by atoms with Gasteiger partial charge in [0.25, 0.3) is 0 Å². The summed E-state index contributed by atoms with van der Waals surface area (Å²) in [6.45, 7) is 3.39. The average Bonchev–Trinajstić information content (AvgIpc) is 3.17. The van der Waals surface area contributed by atoms with Crippen LogP contribution in [0.15, 0.2) is 0 Å². The van der Waals surface area contributed by atoms with Gasteiger partial charge >= 0.3 is 0 Å². The maximum Gasteiger partial charge on any atom is 0.185 e. The first-order valence-corrected chi connectivity index (χ1v) is 8.09. The van der Waals surface area contributed by atoms with Gasteiger partial charge in [0.05, 0.1) is 5.69 Å². The fraction of sp³-hybridized carbons (Fsp3) is 0.786. The van der Waals surface area contributed by atoms with Crippen molar-refractivity contribution in [3.8, 4) is 0 Å². The van der Waals surface area contributed by atoms with E-state index in [1.807, 2.05) is 18.4 Å². The Balaban J connectivity index is 1.79. The third kappa shape index (κ3) is 2.69. The maximum absolute atomic E-state index is 4.96. The van der Waals surface area contributed by atoms with Crippen molar-refractivity contribution in [2.45, 2.75) is 51.0 Å². The van der Waals surface area contributed by atoms with E-state index in [1.165, 1.54) is 67.3 Å². The molecule has 2 aliphatic rings. The Bertz CT molecular complexity index is 390. The minimum Gasteiger partial charge on any atom is -0.348 e. The molecule has 0 atom stereocenters. The Morgan fingerprint density at radius 1 is 1.22 bits per heavy atom. The highest BCUT2D eigenvalue weighted by Gasteiger charge is 2.30. The van der Waals surface area contributed by atoms with E-state index >= 15 is 0 Å². The molecule has 1 aromatic rings. The van der Waals surface area contributed by atoms with E-state index in [4.69, 9.17) is 4.98 Å². The predicted molar refractivity (Wildman–Crippen MR) is 77.5 cm³/mol. The number of hydrogen-bond acceptors (Lipinski definition) is 4. The van der Waals surface area contributed by atoms with Gasteiger partial charge in [0.1, 0.15) is 0 Å². The van der Waals surface area contributed by atoms with Crippen LogP contribution in [0, 0.1) is 0 Å². The molecule has 2 heterocycles. The molecule has 0 aromatic carbocycles. The summed E-state index contributed by atoms with van der Waals surface area (Å²) in [5.41, 5.74) is 1.40. The van der Waals surface area contributed by atoms with Crippen LogP contribution >= 0.6 is 11.3 Å². The van der Waals surface area contributed by atoms with Crippen LogP contribution in [-0.2, 0) is 6.54 Å². The Labute approximate surface area is 114 Å². The van der Waals surface area contributed by atoms with Gasteiger partial charge in [0.15, 0.2) is 5.13 Å². The number of nitrogens with zero attached hydrogens (tertiary/aromatic N) is 2. The zero-order valence-corrected chi connectivity index (χ0v) is 12.1. The second-order valence-electron chi connectivity index (χ2n) is 5.51. The molecule has 1 aromatic heterocycles. The normalized spacial score (nSPS) is 21.1. The molecule has 100 valence electrons. The summed E-state index contributed by atoms with van der Waals surface area (Å²) in [6.07, 6.45) is 8.14. The second-order valence-corrected chi connectivity index (χ2v) is 6.57. The Hall–Kier alpha value is -0.610. The molecule has 0 spiro atoms. The first-order valence-electron chi connectivity index (χ1n) is 7.27. The first-order chi connectivity index (χ1) is 8.88. The van der Waals surface area contributed by atoms with Crippen LogP contribution in [-0.4, -0.2) is 25.1 Å². The third-order valence-electron chi connectivity index (χ3n) is 3.89. The Morgan fingerprint density at radius 3 is 2.56 bits per heavy atom. The SMILES string of the molecule is CNCc1sc(N2CCCCCC2)nc1C1CC1. The zero-order valence-electron chi connectivity index (χ0n) is 11.2. The fourth-order valence-electron chi connectivity index (χ4n) is 2.71. The van der Waals surface area contributed by atoms with Crippen LogP contribution in [0.2, 0.25) is 0 Å². The lowest BCUT2D eigenvalue weighted by Gasteiger charge is -2.18. The second kappa shape index (κ2) is 5.57. The summed E-state index contributed by atoms with van der Waals surface area (Å²) in [4.78, 5) is 8.95. The van der Waals surface area contributed by atoms with Gasteiger partial charge in [-0.15, -0.1) is 11.3 Å². The number of hydrogen-bond donors (Lipinski definition) is 1. The molecule has 3 nitrogen and oxygen atoms in total. The van der Waals surface area contributed by atoms with Crippen molar-refractivity contribution in [1.82, 2.24) is 10.3 Å². The molecule has 1 aliphatic heterocycles. The minimum atomic E-state index is 0.769. The van der Waals surface area contributed by atoms with Gasteiger partial charge in [-0.3, -0.25) is 0 Å². The highest BCUT2D eigenvalue weighted by atomic mass is 32.1. The van der Waals surface area contributed by atoms with Crippen molar-refractivity contribution in [3.05, 3.63) is 10.6 Å². The molecule has 1 saturated heterocycles. The van der Waals surface area contributed by atoms with Crippen molar-refractivity contribution in [1.29, 1.82) is 0 Å². The molecule has 0 radical (unpaired) electrons. The molecule has 4 heteroatoms. The molecule has 3 rings (SSSR count). The molecule has 1 saturated carbocycles. The van der Waals surface area contributed by atoms with Crippen molar-refractivity contribution >= 4 is 16.5 Å². The van der Waals surface area contributed by atoms with E-state index in [2.05, 4.69) is 10.2 Å². The van der Waals surface area contributed by atoms with E-state index in [0.717, 1.165) is 12.5 Å². The number of nitrogens with one attached hydrogen (secondary N) is 1. The standard InChI is InChI=1S/C14H23N3S/c1-15-10-12-13(11-6-7-11)16-14(18-12)17-8-4-2-3-5-9-17/h11,15H,2-10H2,1H3. The number of rotatable bonds is 4. The highest BCUT2D eigenvalue weighted by molar-refractivity contribution is 7.15. The third-order valence-corrected chi connectivity index (χ3v) is 5.03. The summed E-state index contributed by atoms with van der Waals surface area (Å²) >= 11 is 1.92. The molecule has 18 heavy (non-hydrogen) atoms. The zero-order chi connectivity index (χ0) is 12.4. The van der Waals surface area contributed by atoms with Gasteiger partial charge in [-0.05, 0) is 32.7 Å². The van der Waals surface area contributed by atoms with Crippen LogP contribution in [0.5, 0.6) is 0 Å². The van der Waals surface area contributed by atoms with Gasteiger partial charge in [-0.2, -0.15) is 0 Å². The fourth-order valence-corrected chi connectivity index (χ4v) is 3.92. The summed E-state index contributed by atoms with van der Waals surface area (Å²) in [5, 5.41) is 4.57. The van der Waals surface area contributed by atoms with Crippen LogP contribution in [0.4, 0.5) is 5.13 Å². The number of aromatic nitrogens is 1. The summed E-state index contributed by atoms with van der Waals surface area (Å²) in [5.74, 6) is 0.769. The first kappa shape index (κ1) is 12.4. The van der Waals surface area contributed by atoms with Crippen molar-refractivity contribution in [2.24, 2.45) is 0 Å². The average molecular weight is 265 g/mol. The smallest absolute Gasteiger partial charge is 0.185 e. The quantitative estimate of drug-likeness (QED) is 0.906. The number of thiazole rings is 1. The molecular weight excluding hydrogens is 242 g/mol. The maximum atomic E-state index is 4.96. The van der Waals surface area contributed by atoms with Gasteiger partial charge < -0.3 is 10.2 Å². The summed E-state index contributed by atoms with van der Waals surface area (Å²) in [6, 6.07) is 0. The van der Waals surface area contributed by atoms with Crippen LogP contribution in [0.25, 0.3) is 0 Å². The lowest BCUT2D eigenvalue weighted by Crippen LogP contribution is -2.23. The van der Waals surface area contributed by atoms with Crippen molar-refractivity contribution in [3.63, 3.8) is 0 Å². The van der Waals surface area contributed by atoms with Crippen LogP contribution in [0.3, 0.4) is 0 Å². The minimum absolute atomic E-state index is 0.769. The van der Waals surface area contributed by atoms with E-state index in [9.17, 15) is 0 Å². The van der Waals surface area contributed by atoms with E-state index in [-0.39, 0.29) is 0 Å². The Kier molecular flexibility index (Phi) is 3.85. The molecule has 0 bridgehead atoms. The lowest BCUT2D eigenvalue weighted by atomic mass is 10.2. The van der Waals surface area contributed by atoms with Gasteiger partial charge in [0.2, 0.25) is 0 Å². The van der Waals surface area contributed by atoms with E-state index in [1.54, 1.807) is 0 Å². The summed E-state index contributed by atoms with van der Waals surface area (Å²) < 4.78 is 0. The number of anilines is 1. The molecule has 1 N–H and O–H groups in total. The molecule has 2 fully saturated rings. The van der Waals surface area contributed by atoms with Crippen molar-refractivity contribution < 1.29 is 0 Å². The van der Waals surface area contributed by atoms with E-state index in [0.29, 0.717) is 0 Å². The topological polar surface area (TPSA) is 28.2 Å². The lowest BCUT2D eigenvalue weighted by molar-refractivity contribution is 0.726. The van der Waals surface area contributed by atoms with Gasteiger partial charge in [-0.25, -0.2) is 4.98 Å². The van der Waals surface area contributed by atoms with Crippen molar-refractivity contribution in [2.75, 3.05) is 25.0 Å². The van der Waals surface area contributed by atoms with Gasteiger partial charge in [-0.1, -0.05) is 12.8 Å². The van der Waals surface area contributed by atoms with Gasteiger partial charge in [0, 0.05) is 30.4 Å². The monoisotopic (exact) mass is 265 g/mol.